The minimum Gasteiger partial charge on any atom is -0.378 e. The first kappa shape index (κ1) is 22.9. The highest BCUT2D eigenvalue weighted by Gasteiger charge is 2.30. The summed E-state index contributed by atoms with van der Waals surface area (Å²) in [7, 11) is -3.13. The molecule has 5 heterocycles. The predicted octanol–water partition coefficient (Wildman–Crippen LogP) is 1.90. The topological polar surface area (TPSA) is 106 Å². The molecule has 1 unspecified atom stereocenters. The molecule has 2 N–H and O–H groups in total. The smallest absolute Gasteiger partial charge is 0.211 e. The number of piperazine rings is 1. The van der Waals surface area contributed by atoms with E-state index in [0.29, 0.717) is 26.3 Å². The van der Waals surface area contributed by atoms with Crippen LogP contribution in [-0.2, 0) is 21.3 Å². The van der Waals surface area contributed by atoms with Crippen molar-refractivity contribution < 1.29 is 13.2 Å². The molecular weight excluding hydrogens is 486 g/mol. The van der Waals surface area contributed by atoms with Crippen LogP contribution in [0.1, 0.15) is 21.5 Å². The van der Waals surface area contributed by atoms with Crippen molar-refractivity contribution in [2.75, 3.05) is 64.1 Å². The van der Waals surface area contributed by atoms with Gasteiger partial charge in [-0.2, -0.15) is 9.40 Å². The number of hydrogen-bond acceptors (Lipinski definition) is 9. The number of thiophene rings is 1. The van der Waals surface area contributed by atoms with E-state index in [1.807, 2.05) is 18.3 Å². The van der Waals surface area contributed by atoms with Gasteiger partial charge in [-0.1, -0.05) is 12.1 Å². The lowest BCUT2D eigenvalue weighted by molar-refractivity contribution is 0.0681. The highest BCUT2D eigenvalue weighted by Crippen LogP contribution is 2.38. The first-order chi connectivity index (χ1) is 17.0. The number of ether oxygens (including phenoxy) is 1. The molecule has 12 heteroatoms. The number of aromatic amines is 1. The largest absolute Gasteiger partial charge is 0.378 e. The van der Waals surface area contributed by atoms with Gasteiger partial charge in [0, 0.05) is 61.6 Å². The van der Waals surface area contributed by atoms with Crippen molar-refractivity contribution in [1.29, 1.82) is 0 Å². The van der Waals surface area contributed by atoms with Crippen molar-refractivity contribution in [2.24, 2.45) is 4.99 Å². The van der Waals surface area contributed by atoms with Crippen molar-refractivity contribution in [1.82, 2.24) is 24.3 Å². The van der Waals surface area contributed by atoms with Crippen molar-refractivity contribution in [2.45, 2.75) is 12.7 Å². The molecule has 2 fully saturated rings. The Balaban J connectivity index is 1.28. The number of anilines is 1. The van der Waals surface area contributed by atoms with Gasteiger partial charge in [0.25, 0.3) is 0 Å². The summed E-state index contributed by atoms with van der Waals surface area (Å²) in [5.41, 5.74) is 3.19. The summed E-state index contributed by atoms with van der Waals surface area (Å²) in [4.78, 5) is 12.3. The number of fused-ring (bicyclic) bond motifs is 2. The molecule has 0 saturated carbocycles. The molecule has 3 aromatic rings. The molecule has 0 spiro atoms. The van der Waals surface area contributed by atoms with E-state index in [1.165, 1.54) is 11.1 Å². The van der Waals surface area contributed by atoms with Crippen LogP contribution in [-0.4, -0.2) is 97.3 Å². The van der Waals surface area contributed by atoms with E-state index in [1.54, 1.807) is 15.6 Å². The molecule has 0 aliphatic carbocycles. The molecule has 35 heavy (non-hydrogen) atoms. The Hall–Kier alpha value is -2.51. The normalized spacial score (nSPS) is 22.1. The highest BCUT2D eigenvalue weighted by atomic mass is 32.2. The first-order valence-corrected chi connectivity index (χ1v) is 14.5. The fourth-order valence-electron chi connectivity index (χ4n) is 4.97. The van der Waals surface area contributed by atoms with Gasteiger partial charge < -0.3 is 15.0 Å². The maximum atomic E-state index is 11.9. The molecule has 0 amide bonds. The number of aliphatic imine (C=N–C) groups is 1. The van der Waals surface area contributed by atoms with Crippen molar-refractivity contribution >= 4 is 43.8 Å². The molecule has 2 saturated heterocycles. The summed E-state index contributed by atoms with van der Waals surface area (Å²) in [6, 6.07) is 8.40. The molecule has 186 valence electrons. The molecule has 6 rings (SSSR count). The number of morpholine rings is 1. The quantitative estimate of drug-likeness (QED) is 0.547. The minimum absolute atomic E-state index is 0.206. The van der Waals surface area contributed by atoms with E-state index < -0.39 is 10.0 Å². The van der Waals surface area contributed by atoms with Crippen LogP contribution >= 0.6 is 11.3 Å². The molecule has 3 aliphatic heterocycles. The van der Waals surface area contributed by atoms with Crippen molar-refractivity contribution in [3.63, 3.8) is 0 Å². The van der Waals surface area contributed by atoms with Crippen LogP contribution in [0.25, 0.3) is 10.9 Å². The second kappa shape index (κ2) is 9.17. The Morgan fingerprint density at radius 3 is 2.71 bits per heavy atom. The summed E-state index contributed by atoms with van der Waals surface area (Å²) in [5, 5.41) is 12.0. The summed E-state index contributed by atoms with van der Waals surface area (Å²) in [5.74, 6) is 1.02. The van der Waals surface area contributed by atoms with Crippen LogP contribution in [0.2, 0.25) is 0 Å². The fraction of sp³-hybridized carbons (Fsp3) is 0.478. The van der Waals surface area contributed by atoms with Gasteiger partial charge in [0.15, 0.2) is 0 Å². The average molecular weight is 516 g/mol. The summed E-state index contributed by atoms with van der Waals surface area (Å²) in [6.45, 7) is 6.40. The van der Waals surface area contributed by atoms with Crippen LogP contribution in [0.3, 0.4) is 0 Å². The molecule has 0 radical (unpaired) electrons. The Labute approximate surface area is 208 Å². The number of sulfonamides is 1. The van der Waals surface area contributed by atoms with Gasteiger partial charge in [-0.15, -0.1) is 11.3 Å². The molecule has 0 bridgehead atoms. The lowest BCUT2D eigenvalue weighted by Gasteiger charge is -2.33. The van der Waals surface area contributed by atoms with Gasteiger partial charge in [-0.05, 0) is 12.1 Å². The summed E-state index contributed by atoms with van der Waals surface area (Å²) < 4.78 is 30.9. The number of rotatable bonds is 4. The second-order valence-corrected chi connectivity index (χ2v) is 12.3. The maximum Gasteiger partial charge on any atom is 0.211 e. The standard InChI is InChI=1S/C23H29N7O3S2/c1-35(31,32)30-7-5-28(6-8-30)15-16-13-20-21(34-16)23(29-9-11-33-12-10-29)26-22(25-20)17-3-2-4-19-18(17)14-24-27-19/h2-4,13-14,22,25H,5-12,15H2,1H3,(H,24,27). The second-order valence-electron chi connectivity index (χ2n) is 9.17. The Morgan fingerprint density at radius 1 is 1.14 bits per heavy atom. The van der Waals surface area contributed by atoms with Gasteiger partial charge in [-0.25, -0.2) is 13.4 Å². The summed E-state index contributed by atoms with van der Waals surface area (Å²) in [6.07, 6.45) is 2.94. The number of nitrogens with zero attached hydrogens (tertiary/aromatic N) is 5. The van der Waals surface area contributed by atoms with Crippen LogP contribution in [0, 0.1) is 0 Å². The number of benzene rings is 1. The molecule has 3 aliphatic rings. The van der Waals surface area contributed by atoms with Crippen LogP contribution in [0.4, 0.5) is 5.69 Å². The number of aromatic nitrogens is 2. The zero-order chi connectivity index (χ0) is 24.0. The first-order valence-electron chi connectivity index (χ1n) is 11.9. The third-order valence-electron chi connectivity index (χ3n) is 6.83. The van der Waals surface area contributed by atoms with Gasteiger partial charge in [0.05, 0.1) is 41.7 Å². The van der Waals surface area contributed by atoms with Crippen LogP contribution in [0.5, 0.6) is 0 Å². The molecule has 10 nitrogen and oxygen atoms in total. The van der Waals surface area contributed by atoms with Crippen LogP contribution < -0.4 is 5.32 Å². The summed E-state index contributed by atoms with van der Waals surface area (Å²) >= 11 is 1.77. The van der Waals surface area contributed by atoms with Gasteiger partial charge in [-0.3, -0.25) is 10.00 Å². The zero-order valence-corrected chi connectivity index (χ0v) is 21.2. The van der Waals surface area contributed by atoms with E-state index in [9.17, 15) is 8.42 Å². The molecule has 1 aromatic carbocycles. The Bertz CT molecular complexity index is 1350. The number of nitrogens with one attached hydrogen (secondary N) is 2. The average Bonchev–Trinajstić information content (AvgIpc) is 3.50. The van der Waals surface area contributed by atoms with E-state index in [-0.39, 0.29) is 6.17 Å². The van der Waals surface area contributed by atoms with Gasteiger partial charge >= 0.3 is 0 Å². The Morgan fingerprint density at radius 2 is 1.94 bits per heavy atom. The molecule has 2 aromatic heterocycles. The van der Waals surface area contributed by atoms with Crippen LogP contribution in [0.15, 0.2) is 35.5 Å². The number of H-pyrrole nitrogens is 1. The maximum absolute atomic E-state index is 11.9. The lowest BCUT2D eigenvalue weighted by Crippen LogP contribution is -2.47. The molecule has 1 atom stereocenters. The third kappa shape index (κ3) is 4.56. The highest BCUT2D eigenvalue weighted by molar-refractivity contribution is 7.88. The van der Waals surface area contributed by atoms with E-state index in [4.69, 9.17) is 9.73 Å². The van der Waals surface area contributed by atoms with Crippen molar-refractivity contribution in [3.8, 4) is 0 Å². The minimum atomic E-state index is -3.13. The zero-order valence-electron chi connectivity index (χ0n) is 19.6. The Kier molecular flexibility index (Phi) is 6.01. The molecular formula is C23H29N7O3S2. The predicted molar refractivity (Wildman–Crippen MR) is 137 cm³/mol. The van der Waals surface area contributed by atoms with Gasteiger partial charge in [0.1, 0.15) is 12.0 Å². The SMILES string of the molecule is CS(=O)(=O)N1CCN(Cc2cc3c(s2)C(N2CCOCC2)=NC(c2cccc4[nH]ncc24)N3)CC1. The van der Waals surface area contributed by atoms with Crippen molar-refractivity contribution in [3.05, 3.63) is 45.8 Å². The van der Waals surface area contributed by atoms with Gasteiger partial charge in [0.2, 0.25) is 10.0 Å². The lowest BCUT2D eigenvalue weighted by atomic mass is 10.1. The van der Waals surface area contributed by atoms with E-state index in [0.717, 1.165) is 65.6 Å². The van der Waals surface area contributed by atoms with E-state index in [2.05, 4.69) is 37.4 Å². The van der Waals surface area contributed by atoms with E-state index >= 15 is 0 Å². The number of amidine groups is 1. The third-order valence-corrected chi connectivity index (χ3v) is 9.25. The monoisotopic (exact) mass is 515 g/mol. The number of hydrogen-bond donors (Lipinski definition) is 2. The fourth-order valence-corrected chi connectivity index (χ4v) is 6.98.